The van der Waals surface area contributed by atoms with E-state index in [0.29, 0.717) is 5.75 Å². The monoisotopic (exact) mass is 342 g/mol. The predicted octanol–water partition coefficient (Wildman–Crippen LogP) is 4.81. The number of pyridine rings is 1. The summed E-state index contributed by atoms with van der Waals surface area (Å²) in [6, 6.07) is 15.8. The summed E-state index contributed by atoms with van der Waals surface area (Å²) in [5, 5.41) is 2.29. The van der Waals surface area contributed by atoms with Gasteiger partial charge in [-0.25, -0.2) is 0 Å². The maximum Gasteiger partial charge on any atom is 0.145 e. The Balaban J connectivity index is 1.92. The number of halogens is 1. The Morgan fingerprint density at radius 2 is 1.90 bits per heavy atom. The van der Waals surface area contributed by atoms with Crippen molar-refractivity contribution in [2.45, 2.75) is 13.0 Å². The first-order valence-corrected chi connectivity index (χ1v) is 7.51. The van der Waals surface area contributed by atoms with Crippen LogP contribution in [0.3, 0.4) is 0 Å². The summed E-state index contributed by atoms with van der Waals surface area (Å²) in [6.07, 6.45) is 1.69. The summed E-state index contributed by atoms with van der Waals surface area (Å²) in [4.78, 5) is 4.30. The van der Waals surface area contributed by atoms with Gasteiger partial charge in [-0.3, -0.25) is 4.98 Å². The molecule has 1 aromatic heterocycles. The average molecular weight is 343 g/mol. The molecule has 0 radical (unpaired) electrons. The third-order valence-corrected chi connectivity index (χ3v) is 4.10. The first-order chi connectivity index (χ1) is 10.1. The Morgan fingerprint density at radius 1 is 1.10 bits per heavy atom. The van der Waals surface area contributed by atoms with Gasteiger partial charge in [0.2, 0.25) is 0 Å². The number of fused-ring (bicyclic) bond motifs is 1. The highest BCUT2D eigenvalue weighted by Gasteiger charge is 2.08. The maximum atomic E-state index is 5.90. The predicted molar refractivity (Wildman–Crippen MR) is 88.6 cm³/mol. The van der Waals surface area contributed by atoms with Gasteiger partial charge < -0.3 is 10.5 Å². The summed E-state index contributed by atoms with van der Waals surface area (Å²) in [6.45, 7) is 1.91. The van der Waals surface area contributed by atoms with Crippen molar-refractivity contribution in [3.05, 3.63) is 64.9 Å². The van der Waals surface area contributed by atoms with Crippen LogP contribution in [-0.4, -0.2) is 4.98 Å². The molecular weight excluding hydrogens is 328 g/mol. The SMILES string of the molecule is CC(N)c1ccc(Oc2ccc3ccccc3c2Br)cn1. The topological polar surface area (TPSA) is 48.1 Å². The number of aromatic nitrogens is 1. The van der Waals surface area contributed by atoms with E-state index in [9.17, 15) is 0 Å². The van der Waals surface area contributed by atoms with Crippen LogP contribution in [0, 0.1) is 0 Å². The molecule has 0 aliphatic carbocycles. The van der Waals surface area contributed by atoms with Gasteiger partial charge in [0.05, 0.1) is 16.4 Å². The summed E-state index contributed by atoms with van der Waals surface area (Å²) in [5.74, 6) is 1.46. The van der Waals surface area contributed by atoms with E-state index in [0.717, 1.165) is 21.3 Å². The molecule has 0 bridgehead atoms. The van der Waals surface area contributed by atoms with Gasteiger partial charge in [0.25, 0.3) is 0 Å². The molecule has 0 fully saturated rings. The molecular formula is C17H15BrN2O. The molecule has 0 spiro atoms. The summed E-state index contributed by atoms with van der Waals surface area (Å²) in [7, 11) is 0. The second kappa shape index (κ2) is 5.84. The normalized spacial score (nSPS) is 12.3. The molecule has 1 unspecified atom stereocenters. The number of nitrogens with zero attached hydrogens (tertiary/aromatic N) is 1. The van der Waals surface area contributed by atoms with Crippen molar-refractivity contribution < 1.29 is 4.74 Å². The lowest BCUT2D eigenvalue weighted by atomic mass is 10.1. The molecule has 0 saturated heterocycles. The van der Waals surface area contributed by atoms with Gasteiger partial charge in [0.1, 0.15) is 11.5 Å². The Bertz CT molecular complexity index is 769. The third kappa shape index (κ3) is 2.91. The van der Waals surface area contributed by atoms with Crippen LogP contribution in [-0.2, 0) is 0 Å². The summed E-state index contributed by atoms with van der Waals surface area (Å²) >= 11 is 3.61. The van der Waals surface area contributed by atoms with Crippen molar-refractivity contribution in [3.63, 3.8) is 0 Å². The van der Waals surface area contributed by atoms with Crippen molar-refractivity contribution in [1.82, 2.24) is 4.98 Å². The Labute approximate surface area is 131 Å². The van der Waals surface area contributed by atoms with E-state index in [1.165, 1.54) is 5.39 Å². The van der Waals surface area contributed by atoms with Crippen LogP contribution < -0.4 is 10.5 Å². The van der Waals surface area contributed by atoms with Crippen molar-refractivity contribution in [1.29, 1.82) is 0 Å². The lowest BCUT2D eigenvalue weighted by Gasteiger charge is -2.11. The largest absolute Gasteiger partial charge is 0.455 e. The standard InChI is InChI=1S/C17H15BrN2O/c1-11(19)15-8-7-13(10-20-15)21-16-9-6-12-4-2-3-5-14(12)17(16)18/h2-11H,19H2,1H3. The van der Waals surface area contributed by atoms with Crippen LogP contribution in [0.25, 0.3) is 10.8 Å². The van der Waals surface area contributed by atoms with E-state index in [1.54, 1.807) is 6.20 Å². The third-order valence-electron chi connectivity index (χ3n) is 3.28. The Morgan fingerprint density at radius 3 is 2.62 bits per heavy atom. The fourth-order valence-electron chi connectivity index (χ4n) is 2.14. The Kier molecular flexibility index (Phi) is 3.90. The van der Waals surface area contributed by atoms with Gasteiger partial charge in [-0.15, -0.1) is 0 Å². The summed E-state index contributed by atoms with van der Waals surface area (Å²) in [5.41, 5.74) is 6.64. The van der Waals surface area contributed by atoms with Crippen LogP contribution in [0.5, 0.6) is 11.5 Å². The van der Waals surface area contributed by atoms with Crippen molar-refractivity contribution >= 4 is 26.7 Å². The molecule has 3 rings (SSSR count). The zero-order valence-corrected chi connectivity index (χ0v) is 13.2. The fourth-order valence-corrected chi connectivity index (χ4v) is 2.72. The second-order valence-corrected chi connectivity index (χ2v) is 5.70. The summed E-state index contributed by atoms with van der Waals surface area (Å²) < 4.78 is 6.84. The average Bonchev–Trinajstić information content (AvgIpc) is 2.51. The number of nitrogens with two attached hydrogens (primary N) is 1. The van der Waals surface area contributed by atoms with Gasteiger partial charge in [0, 0.05) is 6.04 Å². The minimum absolute atomic E-state index is 0.0774. The number of hydrogen-bond donors (Lipinski definition) is 1. The van der Waals surface area contributed by atoms with Crippen molar-refractivity contribution in [2.24, 2.45) is 5.73 Å². The minimum Gasteiger partial charge on any atom is -0.455 e. The van der Waals surface area contributed by atoms with E-state index >= 15 is 0 Å². The van der Waals surface area contributed by atoms with E-state index in [1.807, 2.05) is 43.3 Å². The quantitative estimate of drug-likeness (QED) is 0.742. The number of benzene rings is 2. The zero-order chi connectivity index (χ0) is 14.8. The maximum absolute atomic E-state index is 5.90. The van der Waals surface area contributed by atoms with Crippen LogP contribution in [0.15, 0.2) is 59.2 Å². The smallest absolute Gasteiger partial charge is 0.145 e. The molecule has 1 atom stereocenters. The highest BCUT2D eigenvalue weighted by atomic mass is 79.9. The lowest BCUT2D eigenvalue weighted by Crippen LogP contribution is -2.06. The fraction of sp³-hybridized carbons (Fsp3) is 0.118. The van der Waals surface area contributed by atoms with Crippen LogP contribution in [0.4, 0.5) is 0 Å². The number of hydrogen-bond acceptors (Lipinski definition) is 3. The van der Waals surface area contributed by atoms with Crippen LogP contribution in [0.1, 0.15) is 18.7 Å². The molecule has 0 aliphatic rings. The van der Waals surface area contributed by atoms with E-state index in [4.69, 9.17) is 10.5 Å². The van der Waals surface area contributed by atoms with Gasteiger partial charge in [-0.1, -0.05) is 30.3 Å². The molecule has 0 aliphatic heterocycles. The molecule has 0 amide bonds. The van der Waals surface area contributed by atoms with Gasteiger partial charge in [-0.2, -0.15) is 0 Å². The lowest BCUT2D eigenvalue weighted by molar-refractivity contribution is 0.477. The van der Waals surface area contributed by atoms with Crippen LogP contribution in [0.2, 0.25) is 0 Å². The first-order valence-electron chi connectivity index (χ1n) is 6.72. The molecule has 1 heterocycles. The van der Waals surface area contributed by atoms with Gasteiger partial charge >= 0.3 is 0 Å². The molecule has 3 aromatic rings. The second-order valence-electron chi connectivity index (χ2n) is 4.91. The van der Waals surface area contributed by atoms with Crippen molar-refractivity contribution in [3.8, 4) is 11.5 Å². The van der Waals surface area contributed by atoms with E-state index in [-0.39, 0.29) is 6.04 Å². The molecule has 21 heavy (non-hydrogen) atoms. The zero-order valence-electron chi connectivity index (χ0n) is 11.6. The Hall–Kier alpha value is -1.91. The molecule has 2 aromatic carbocycles. The molecule has 0 saturated carbocycles. The van der Waals surface area contributed by atoms with Gasteiger partial charge in [-0.05, 0) is 51.8 Å². The molecule has 106 valence electrons. The van der Waals surface area contributed by atoms with E-state index < -0.39 is 0 Å². The number of rotatable bonds is 3. The number of ether oxygens (including phenoxy) is 1. The van der Waals surface area contributed by atoms with E-state index in [2.05, 4.69) is 33.0 Å². The van der Waals surface area contributed by atoms with Gasteiger partial charge in [0.15, 0.2) is 0 Å². The van der Waals surface area contributed by atoms with Crippen molar-refractivity contribution in [2.75, 3.05) is 0 Å². The molecule has 2 N–H and O–H groups in total. The molecule has 4 heteroatoms. The highest BCUT2D eigenvalue weighted by molar-refractivity contribution is 9.10. The highest BCUT2D eigenvalue weighted by Crippen LogP contribution is 2.35. The minimum atomic E-state index is -0.0774. The first kappa shape index (κ1) is 14.0. The van der Waals surface area contributed by atoms with Crippen LogP contribution >= 0.6 is 15.9 Å². The molecule has 3 nitrogen and oxygen atoms in total.